The molecule has 2 rings (SSSR count). The minimum Gasteiger partial charge on any atom is -0.508 e. The number of ether oxygens (including phenoxy) is 1. The number of nitrogens with one attached hydrogen (secondary N) is 1. The molecule has 5 heteroatoms. The van der Waals surface area contributed by atoms with E-state index < -0.39 is 0 Å². The van der Waals surface area contributed by atoms with Gasteiger partial charge in [-0.05, 0) is 42.9 Å². The van der Waals surface area contributed by atoms with Crippen molar-refractivity contribution in [2.45, 2.75) is 33.2 Å². The summed E-state index contributed by atoms with van der Waals surface area (Å²) in [7, 11) is 3.44. The SMILES string of the molecule is CN=C(NCc1cc(OC)ccc1O)N1CCC(CC(C)C)C1. The number of likely N-dealkylation sites (tertiary alicyclic amines) is 1. The summed E-state index contributed by atoms with van der Waals surface area (Å²) < 4.78 is 5.21. The van der Waals surface area contributed by atoms with Crippen molar-refractivity contribution in [2.75, 3.05) is 27.2 Å². The number of rotatable bonds is 5. The molecule has 0 amide bonds. The van der Waals surface area contributed by atoms with E-state index in [-0.39, 0.29) is 5.75 Å². The predicted octanol–water partition coefficient (Wildman–Crippen LogP) is 2.84. The summed E-state index contributed by atoms with van der Waals surface area (Å²) in [6, 6.07) is 5.26. The van der Waals surface area contributed by atoms with Crippen LogP contribution >= 0.6 is 0 Å². The van der Waals surface area contributed by atoms with Crippen molar-refractivity contribution in [1.29, 1.82) is 0 Å². The van der Waals surface area contributed by atoms with Gasteiger partial charge in [0.2, 0.25) is 0 Å². The number of phenolic OH excluding ortho intramolecular Hbond substituents is 1. The van der Waals surface area contributed by atoms with E-state index in [1.54, 1.807) is 19.2 Å². The molecular weight excluding hydrogens is 290 g/mol. The third-order valence-electron chi connectivity index (χ3n) is 4.33. The summed E-state index contributed by atoms with van der Waals surface area (Å²) in [5.74, 6) is 3.40. The third-order valence-corrected chi connectivity index (χ3v) is 4.33. The van der Waals surface area contributed by atoms with Crippen LogP contribution in [-0.4, -0.2) is 43.2 Å². The van der Waals surface area contributed by atoms with Crippen molar-refractivity contribution in [3.63, 3.8) is 0 Å². The van der Waals surface area contributed by atoms with Gasteiger partial charge in [0.1, 0.15) is 11.5 Å². The van der Waals surface area contributed by atoms with Crippen LogP contribution in [-0.2, 0) is 6.54 Å². The molecular formula is C18H29N3O2. The molecule has 1 heterocycles. The van der Waals surface area contributed by atoms with Gasteiger partial charge in [0, 0.05) is 32.2 Å². The second-order valence-electron chi connectivity index (χ2n) is 6.63. The lowest BCUT2D eigenvalue weighted by Crippen LogP contribution is -2.39. The lowest BCUT2D eigenvalue weighted by Gasteiger charge is -2.22. The summed E-state index contributed by atoms with van der Waals surface area (Å²) in [5, 5.41) is 13.3. The number of aromatic hydroxyl groups is 1. The maximum Gasteiger partial charge on any atom is 0.193 e. The number of benzene rings is 1. The summed E-state index contributed by atoms with van der Waals surface area (Å²) in [6.45, 7) is 7.19. The van der Waals surface area contributed by atoms with Crippen molar-refractivity contribution < 1.29 is 9.84 Å². The molecule has 0 bridgehead atoms. The Morgan fingerprint density at radius 1 is 1.48 bits per heavy atom. The van der Waals surface area contributed by atoms with E-state index in [0.717, 1.165) is 42.2 Å². The van der Waals surface area contributed by atoms with Gasteiger partial charge >= 0.3 is 0 Å². The number of aliphatic imine (C=N–C) groups is 1. The van der Waals surface area contributed by atoms with Gasteiger partial charge in [0.15, 0.2) is 5.96 Å². The first-order valence-electron chi connectivity index (χ1n) is 8.35. The van der Waals surface area contributed by atoms with Gasteiger partial charge in [0.25, 0.3) is 0 Å². The first-order chi connectivity index (χ1) is 11.0. The Morgan fingerprint density at radius 2 is 2.26 bits per heavy atom. The average Bonchev–Trinajstić information content (AvgIpc) is 2.97. The second kappa shape index (κ2) is 8.09. The fraction of sp³-hybridized carbons (Fsp3) is 0.611. The average molecular weight is 319 g/mol. The molecule has 0 saturated carbocycles. The van der Waals surface area contributed by atoms with Crippen molar-refractivity contribution in [1.82, 2.24) is 10.2 Å². The number of guanidine groups is 1. The molecule has 0 radical (unpaired) electrons. The highest BCUT2D eigenvalue weighted by molar-refractivity contribution is 5.80. The first-order valence-corrected chi connectivity index (χ1v) is 8.35. The lowest BCUT2D eigenvalue weighted by molar-refractivity contribution is 0.402. The number of hydrogen-bond acceptors (Lipinski definition) is 3. The highest BCUT2D eigenvalue weighted by Crippen LogP contribution is 2.24. The van der Waals surface area contributed by atoms with Gasteiger partial charge in [-0.2, -0.15) is 0 Å². The molecule has 2 N–H and O–H groups in total. The predicted molar refractivity (Wildman–Crippen MR) is 94.0 cm³/mol. The molecule has 1 aromatic carbocycles. The smallest absolute Gasteiger partial charge is 0.193 e. The van der Waals surface area contributed by atoms with Crippen molar-refractivity contribution >= 4 is 5.96 Å². The zero-order valence-corrected chi connectivity index (χ0v) is 14.7. The Kier molecular flexibility index (Phi) is 6.13. The van der Waals surface area contributed by atoms with Crippen molar-refractivity contribution in [3.8, 4) is 11.5 Å². The molecule has 1 fully saturated rings. The van der Waals surface area contributed by atoms with E-state index in [0.29, 0.717) is 6.54 Å². The fourth-order valence-electron chi connectivity index (χ4n) is 3.22. The van der Waals surface area contributed by atoms with Gasteiger partial charge in [-0.15, -0.1) is 0 Å². The van der Waals surface area contributed by atoms with E-state index in [9.17, 15) is 5.11 Å². The van der Waals surface area contributed by atoms with Gasteiger partial charge in [-0.1, -0.05) is 13.8 Å². The zero-order valence-electron chi connectivity index (χ0n) is 14.7. The summed E-state index contributed by atoms with van der Waals surface area (Å²) in [4.78, 5) is 6.70. The van der Waals surface area contributed by atoms with Crippen LogP contribution in [0, 0.1) is 11.8 Å². The van der Waals surface area contributed by atoms with Crippen LogP contribution in [0.2, 0.25) is 0 Å². The molecule has 1 unspecified atom stereocenters. The molecule has 23 heavy (non-hydrogen) atoms. The Hall–Kier alpha value is -1.91. The normalized spacial score (nSPS) is 18.6. The first kappa shape index (κ1) is 17.4. The van der Waals surface area contributed by atoms with E-state index >= 15 is 0 Å². The summed E-state index contributed by atoms with van der Waals surface area (Å²) >= 11 is 0. The maximum absolute atomic E-state index is 9.97. The topological polar surface area (TPSA) is 57.1 Å². The molecule has 1 saturated heterocycles. The monoisotopic (exact) mass is 319 g/mol. The summed E-state index contributed by atoms with van der Waals surface area (Å²) in [5.41, 5.74) is 0.809. The van der Waals surface area contributed by atoms with Gasteiger partial charge in [-0.3, -0.25) is 4.99 Å². The molecule has 1 aliphatic rings. The number of nitrogens with zero attached hydrogens (tertiary/aromatic N) is 2. The van der Waals surface area contributed by atoms with E-state index in [1.165, 1.54) is 12.8 Å². The van der Waals surface area contributed by atoms with Crippen molar-refractivity contribution in [3.05, 3.63) is 23.8 Å². The number of phenols is 1. The fourth-order valence-corrected chi connectivity index (χ4v) is 3.22. The van der Waals surface area contributed by atoms with Crippen LogP contribution in [0.4, 0.5) is 0 Å². The highest BCUT2D eigenvalue weighted by atomic mass is 16.5. The van der Waals surface area contributed by atoms with Gasteiger partial charge in [-0.25, -0.2) is 0 Å². The molecule has 1 atom stereocenters. The van der Waals surface area contributed by atoms with Crippen LogP contribution in [0.1, 0.15) is 32.3 Å². The molecule has 0 spiro atoms. The van der Waals surface area contributed by atoms with E-state index in [4.69, 9.17) is 4.74 Å². The van der Waals surface area contributed by atoms with Crippen LogP contribution in [0.5, 0.6) is 11.5 Å². The Bertz CT molecular complexity index is 543. The Morgan fingerprint density at radius 3 is 2.91 bits per heavy atom. The molecule has 128 valence electrons. The maximum atomic E-state index is 9.97. The van der Waals surface area contributed by atoms with Crippen LogP contribution in [0.3, 0.4) is 0 Å². The molecule has 1 aromatic rings. The quantitative estimate of drug-likeness (QED) is 0.647. The van der Waals surface area contributed by atoms with Crippen LogP contribution in [0.15, 0.2) is 23.2 Å². The standard InChI is InChI=1S/C18H29N3O2/c1-13(2)9-14-7-8-21(12-14)18(19-3)20-11-15-10-16(23-4)5-6-17(15)22/h5-6,10,13-14,22H,7-9,11-12H2,1-4H3,(H,19,20). The van der Waals surface area contributed by atoms with Gasteiger partial charge < -0.3 is 20.1 Å². The van der Waals surface area contributed by atoms with Gasteiger partial charge in [0.05, 0.1) is 7.11 Å². The second-order valence-corrected chi connectivity index (χ2v) is 6.63. The Balaban J connectivity index is 1.94. The number of methoxy groups -OCH3 is 1. The lowest BCUT2D eigenvalue weighted by atomic mass is 9.97. The molecule has 0 aromatic heterocycles. The van der Waals surface area contributed by atoms with Crippen LogP contribution in [0.25, 0.3) is 0 Å². The highest BCUT2D eigenvalue weighted by Gasteiger charge is 2.25. The van der Waals surface area contributed by atoms with E-state index in [1.807, 2.05) is 13.1 Å². The molecule has 0 aliphatic carbocycles. The minimum atomic E-state index is 0.271. The van der Waals surface area contributed by atoms with Crippen molar-refractivity contribution in [2.24, 2.45) is 16.8 Å². The van der Waals surface area contributed by atoms with E-state index in [2.05, 4.69) is 29.1 Å². The molecule has 5 nitrogen and oxygen atoms in total. The molecule has 1 aliphatic heterocycles. The number of hydrogen-bond donors (Lipinski definition) is 2. The minimum absolute atomic E-state index is 0.271. The Labute approximate surface area is 139 Å². The largest absolute Gasteiger partial charge is 0.508 e. The summed E-state index contributed by atoms with van der Waals surface area (Å²) in [6.07, 6.45) is 2.49. The van der Waals surface area contributed by atoms with Crippen LogP contribution < -0.4 is 10.1 Å². The zero-order chi connectivity index (χ0) is 16.8. The third kappa shape index (κ3) is 4.78.